The van der Waals surface area contributed by atoms with Crippen molar-refractivity contribution in [1.82, 2.24) is 4.98 Å². The summed E-state index contributed by atoms with van der Waals surface area (Å²) in [5.41, 5.74) is 0.881. The number of benzene rings is 1. The number of aliphatic hydroxyl groups is 1. The van der Waals surface area contributed by atoms with Gasteiger partial charge in [-0.05, 0) is 38.1 Å². The number of ether oxygens (including phenoxy) is 2. The Morgan fingerprint density at radius 1 is 1.11 bits per heavy atom. The summed E-state index contributed by atoms with van der Waals surface area (Å²) in [4.78, 5) is 4.24. The van der Waals surface area contributed by atoms with E-state index >= 15 is 0 Å². The van der Waals surface area contributed by atoms with Crippen LogP contribution in [0.2, 0.25) is 0 Å². The Morgan fingerprint density at radius 3 is 2.26 bits per heavy atom. The molecule has 0 saturated heterocycles. The smallest absolute Gasteiger partial charge is 0.232 e. The van der Waals surface area contributed by atoms with Gasteiger partial charge in [-0.15, -0.1) is 0 Å². The van der Waals surface area contributed by atoms with Crippen molar-refractivity contribution in [2.45, 2.75) is 20.5 Å². The second kappa shape index (κ2) is 6.24. The van der Waals surface area contributed by atoms with Crippen molar-refractivity contribution >= 4 is 0 Å². The molecule has 102 valence electrons. The molecular formula is C14H17NO4. The van der Waals surface area contributed by atoms with E-state index in [2.05, 4.69) is 4.98 Å². The average molecular weight is 263 g/mol. The van der Waals surface area contributed by atoms with Gasteiger partial charge in [-0.3, -0.25) is 0 Å². The van der Waals surface area contributed by atoms with E-state index in [-0.39, 0.29) is 13.2 Å². The van der Waals surface area contributed by atoms with E-state index in [1.807, 2.05) is 13.8 Å². The number of aromatic nitrogens is 1. The van der Waals surface area contributed by atoms with Crippen LogP contribution in [-0.4, -0.2) is 23.3 Å². The number of hydrogen-bond acceptors (Lipinski definition) is 5. The number of rotatable bonds is 6. The predicted molar refractivity (Wildman–Crippen MR) is 69.3 cm³/mol. The van der Waals surface area contributed by atoms with Crippen LogP contribution in [0.3, 0.4) is 0 Å². The molecule has 0 bridgehead atoms. The zero-order valence-corrected chi connectivity index (χ0v) is 11.0. The van der Waals surface area contributed by atoms with Crippen molar-refractivity contribution in [3.63, 3.8) is 0 Å². The first-order chi connectivity index (χ1) is 9.19. The van der Waals surface area contributed by atoms with Crippen LogP contribution in [0.25, 0.3) is 0 Å². The first kappa shape index (κ1) is 13.4. The molecule has 0 amide bonds. The Balaban J connectivity index is 1.89. The number of aliphatic hydroxyl groups excluding tert-OH is 1. The van der Waals surface area contributed by atoms with E-state index < -0.39 is 0 Å². The maximum absolute atomic E-state index is 8.65. The lowest BCUT2D eigenvalue weighted by Gasteiger charge is -2.06. The minimum atomic E-state index is 0.00111. The molecule has 5 heteroatoms. The van der Waals surface area contributed by atoms with Crippen molar-refractivity contribution < 1.29 is 19.0 Å². The zero-order chi connectivity index (χ0) is 13.7. The molecular weight excluding hydrogens is 246 g/mol. The molecule has 2 rings (SSSR count). The Hall–Kier alpha value is -2.01. The van der Waals surface area contributed by atoms with Gasteiger partial charge in [0.15, 0.2) is 6.61 Å². The van der Waals surface area contributed by atoms with Crippen LogP contribution >= 0.6 is 0 Å². The third-order valence-corrected chi connectivity index (χ3v) is 2.62. The predicted octanol–water partition coefficient (Wildman–Crippen LogP) is 2.24. The summed E-state index contributed by atoms with van der Waals surface area (Å²) in [5.74, 6) is 2.79. The minimum Gasteiger partial charge on any atom is -0.491 e. The largest absolute Gasteiger partial charge is 0.491 e. The van der Waals surface area contributed by atoms with E-state index in [1.165, 1.54) is 0 Å². The normalized spacial score (nSPS) is 10.5. The maximum atomic E-state index is 8.65. The van der Waals surface area contributed by atoms with Gasteiger partial charge in [0.05, 0.1) is 12.3 Å². The van der Waals surface area contributed by atoms with Crippen molar-refractivity contribution in [1.29, 1.82) is 0 Å². The van der Waals surface area contributed by atoms with Crippen LogP contribution in [0.4, 0.5) is 0 Å². The second-order valence-corrected chi connectivity index (χ2v) is 4.08. The van der Waals surface area contributed by atoms with Gasteiger partial charge in [0.2, 0.25) is 5.89 Å². The molecule has 0 saturated carbocycles. The second-order valence-electron chi connectivity index (χ2n) is 4.08. The molecule has 0 atom stereocenters. The van der Waals surface area contributed by atoms with E-state index in [0.717, 1.165) is 11.5 Å². The van der Waals surface area contributed by atoms with Gasteiger partial charge in [-0.2, -0.15) is 0 Å². The van der Waals surface area contributed by atoms with Crippen LogP contribution in [0.5, 0.6) is 11.5 Å². The van der Waals surface area contributed by atoms with Gasteiger partial charge in [0, 0.05) is 0 Å². The van der Waals surface area contributed by atoms with Crippen LogP contribution in [-0.2, 0) is 6.61 Å². The lowest BCUT2D eigenvalue weighted by atomic mass is 10.3. The zero-order valence-electron chi connectivity index (χ0n) is 11.0. The van der Waals surface area contributed by atoms with Gasteiger partial charge in [0.1, 0.15) is 23.9 Å². The fourth-order valence-corrected chi connectivity index (χ4v) is 1.54. The summed E-state index contributed by atoms with van der Waals surface area (Å²) in [5, 5.41) is 8.65. The summed E-state index contributed by atoms with van der Waals surface area (Å²) < 4.78 is 16.2. The molecule has 0 radical (unpaired) electrons. The standard InChI is InChI=1S/C14H17NO4/c1-10-11(2)19-14(15-10)9-18-13-5-3-12(4-6-13)17-8-7-16/h3-6,16H,7-9H2,1-2H3. The summed E-state index contributed by atoms with van der Waals surface area (Å²) in [6.45, 7) is 4.36. The molecule has 0 aliphatic heterocycles. The van der Waals surface area contributed by atoms with Gasteiger partial charge in [0.25, 0.3) is 0 Å². The van der Waals surface area contributed by atoms with E-state index in [0.29, 0.717) is 24.0 Å². The molecule has 1 heterocycles. The first-order valence-corrected chi connectivity index (χ1v) is 6.08. The molecule has 0 fully saturated rings. The Morgan fingerprint density at radius 2 is 1.74 bits per heavy atom. The quantitative estimate of drug-likeness (QED) is 0.865. The Kier molecular flexibility index (Phi) is 4.41. The molecule has 1 aromatic carbocycles. The van der Waals surface area contributed by atoms with Crippen molar-refractivity contribution in [2.75, 3.05) is 13.2 Å². The fraction of sp³-hybridized carbons (Fsp3) is 0.357. The SMILES string of the molecule is Cc1nc(COc2ccc(OCCO)cc2)oc1C. The highest BCUT2D eigenvalue weighted by Crippen LogP contribution is 2.19. The summed E-state index contributed by atoms with van der Waals surface area (Å²) in [7, 11) is 0. The van der Waals surface area contributed by atoms with Gasteiger partial charge >= 0.3 is 0 Å². The van der Waals surface area contributed by atoms with Gasteiger partial charge in [-0.1, -0.05) is 0 Å². The third-order valence-electron chi connectivity index (χ3n) is 2.62. The molecule has 19 heavy (non-hydrogen) atoms. The summed E-state index contributed by atoms with van der Waals surface area (Å²) >= 11 is 0. The number of oxazole rings is 1. The highest BCUT2D eigenvalue weighted by atomic mass is 16.5. The van der Waals surface area contributed by atoms with Crippen molar-refractivity contribution in [3.05, 3.63) is 41.6 Å². The average Bonchev–Trinajstić information content (AvgIpc) is 2.74. The van der Waals surface area contributed by atoms with Crippen LogP contribution in [0.1, 0.15) is 17.3 Å². The number of nitrogens with zero attached hydrogens (tertiary/aromatic N) is 1. The van der Waals surface area contributed by atoms with Crippen LogP contribution in [0, 0.1) is 13.8 Å². The van der Waals surface area contributed by atoms with E-state index in [9.17, 15) is 0 Å². The molecule has 1 aromatic heterocycles. The fourth-order valence-electron chi connectivity index (χ4n) is 1.54. The molecule has 1 N–H and O–H groups in total. The highest BCUT2D eigenvalue weighted by Gasteiger charge is 2.06. The molecule has 0 spiro atoms. The van der Waals surface area contributed by atoms with E-state index in [1.54, 1.807) is 24.3 Å². The highest BCUT2D eigenvalue weighted by molar-refractivity contribution is 5.31. The van der Waals surface area contributed by atoms with Crippen molar-refractivity contribution in [2.24, 2.45) is 0 Å². The Labute approximate surface area is 111 Å². The monoisotopic (exact) mass is 263 g/mol. The summed E-state index contributed by atoms with van der Waals surface area (Å²) in [6.07, 6.45) is 0. The molecule has 5 nitrogen and oxygen atoms in total. The van der Waals surface area contributed by atoms with Gasteiger partial charge < -0.3 is 19.0 Å². The third kappa shape index (κ3) is 3.72. The molecule has 0 aliphatic carbocycles. The lowest BCUT2D eigenvalue weighted by molar-refractivity contribution is 0.201. The Bertz CT molecular complexity index is 499. The molecule has 0 aliphatic rings. The number of hydrogen-bond donors (Lipinski definition) is 1. The van der Waals surface area contributed by atoms with Crippen molar-refractivity contribution in [3.8, 4) is 11.5 Å². The maximum Gasteiger partial charge on any atom is 0.232 e. The topological polar surface area (TPSA) is 64.7 Å². The van der Waals surface area contributed by atoms with Crippen LogP contribution in [0.15, 0.2) is 28.7 Å². The first-order valence-electron chi connectivity index (χ1n) is 6.08. The lowest BCUT2D eigenvalue weighted by Crippen LogP contribution is -2.01. The molecule has 0 unspecified atom stereocenters. The molecule has 2 aromatic rings. The van der Waals surface area contributed by atoms with Gasteiger partial charge in [-0.25, -0.2) is 4.98 Å². The number of aryl methyl sites for hydroxylation is 2. The van der Waals surface area contributed by atoms with Crippen LogP contribution < -0.4 is 9.47 Å². The van der Waals surface area contributed by atoms with E-state index in [4.69, 9.17) is 19.0 Å². The minimum absolute atomic E-state index is 0.00111. The summed E-state index contributed by atoms with van der Waals surface area (Å²) in [6, 6.07) is 7.18.